The molecule has 3 aromatic carbocycles. The van der Waals surface area contributed by atoms with E-state index in [2.05, 4.69) is 10.6 Å². The monoisotopic (exact) mass is 447 g/mol. The number of rotatable bonds is 6. The van der Waals surface area contributed by atoms with E-state index in [0.29, 0.717) is 33.8 Å². The number of nitrogens with one attached hydrogen (secondary N) is 2. The predicted octanol–water partition coefficient (Wildman–Crippen LogP) is 3.45. The largest absolute Gasteiger partial charge is 0.490 e. The van der Waals surface area contributed by atoms with Gasteiger partial charge in [0, 0.05) is 18.5 Å². The fourth-order valence-electron chi connectivity index (χ4n) is 3.71. The number of nitrogens with zero attached hydrogens (tertiary/aromatic N) is 1. The molecule has 0 saturated carbocycles. The van der Waals surface area contributed by atoms with Crippen LogP contribution in [0.15, 0.2) is 54.6 Å². The molecule has 33 heavy (non-hydrogen) atoms. The molecule has 4 rings (SSSR count). The van der Waals surface area contributed by atoms with E-state index in [0.717, 1.165) is 5.56 Å². The van der Waals surface area contributed by atoms with Crippen LogP contribution in [0.1, 0.15) is 28.4 Å². The normalized spacial score (nSPS) is 13.0. The molecular formula is C23H21N5O5. The van der Waals surface area contributed by atoms with Gasteiger partial charge in [0.05, 0.1) is 34.7 Å². The van der Waals surface area contributed by atoms with Crippen molar-refractivity contribution in [2.24, 2.45) is 11.5 Å². The maximum atomic E-state index is 12.8. The highest BCUT2D eigenvalue weighted by atomic mass is 16.6. The first-order valence-electron chi connectivity index (χ1n) is 10.00. The van der Waals surface area contributed by atoms with Crippen LogP contribution in [-0.2, 0) is 4.79 Å². The minimum absolute atomic E-state index is 0.0115. The molecule has 1 aliphatic heterocycles. The number of hydrogen-bond acceptors (Lipinski definition) is 7. The molecule has 2 amide bonds. The Hall–Kier alpha value is -4.44. The maximum Gasteiger partial charge on any atom is 0.310 e. The summed E-state index contributed by atoms with van der Waals surface area (Å²) in [5.74, 6) is -0.685. The number of amides is 2. The standard InChI is InChI=1S/C23H21N5O5/c1-33-21-10-13(4-7-20(21)28(31)32)12-2-5-15-18(8-12)26-17-6-3-14(16(24)11-22(25)29)9-19(17)27-23(15)30/h2-10,16,26H,11,24H2,1H3,(H2,25,29)(H,27,30). The van der Waals surface area contributed by atoms with Crippen LogP contribution >= 0.6 is 0 Å². The summed E-state index contributed by atoms with van der Waals surface area (Å²) >= 11 is 0. The third-order valence-electron chi connectivity index (χ3n) is 5.38. The quantitative estimate of drug-likeness (QED) is 0.332. The van der Waals surface area contributed by atoms with Gasteiger partial charge in [-0.2, -0.15) is 0 Å². The van der Waals surface area contributed by atoms with Gasteiger partial charge in [0.1, 0.15) is 0 Å². The highest BCUT2D eigenvalue weighted by Crippen LogP contribution is 2.37. The number of ether oxygens (including phenoxy) is 1. The average molecular weight is 447 g/mol. The summed E-state index contributed by atoms with van der Waals surface area (Å²) in [7, 11) is 1.37. The lowest BCUT2D eigenvalue weighted by Gasteiger charge is -2.14. The Bertz CT molecular complexity index is 1290. The highest BCUT2D eigenvalue weighted by Gasteiger charge is 2.22. The molecule has 10 nitrogen and oxygen atoms in total. The van der Waals surface area contributed by atoms with Crippen molar-refractivity contribution in [1.29, 1.82) is 0 Å². The number of nitro benzene ring substituents is 1. The first-order chi connectivity index (χ1) is 15.8. The van der Waals surface area contributed by atoms with Gasteiger partial charge in [-0.25, -0.2) is 0 Å². The van der Waals surface area contributed by atoms with Gasteiger partial charge in [0.15, 0.2) is 5.75 Å². The van der Waals surface area contributed by atoms with Gasteiger partial charge in [-0.15, -0.1) is 0 Å². The molecule has 168 valence electrons. The molecule has 1 atom stereocenters. The molecule has 10 heteroatoms. The van der Waals surface area contributed by atoms with Crippen LogP contribution in [0.4, 0.5) is 22.7 Å². The van der Waals surface area contributed by atoms with E-state index in [-0.39, 0.29) is 23.8 Å². The van der Waals surface area contributed by atoms with Crippen LogP contribution < -0.4 is 26.8 Å². The summed E-state index contributed by atoms with van der Waals surface area (Å²) in [5.41, 5.74) is 15.4. The summed E-state index contributed by atoms with van der Waals surface area (Å²) in [4.78, 5) is 34.7. The molecule has 6 N–H and O–H groups in total. The summed E-state index contributed by atoms with van der Waals surface area (Å²) in [5, 5.41) is 17.3. The Labute approximate surface area is 188 Å². The lowest BCUT2D eigenvalue weighted by molar-refractivity contribution is -0.385. The Morgan fingerprint density at radius 2 is 1.76 bits per heavy atom. The van der Waals surface area contributed by atoms with Gasteiger partial charge in [-0.3, -0.25) is 19.7 Å². The molecule has 0 aromatic heterocycles. The Morgan fingerprint density at radius 1 is 1.03 bits per heavy atom. The van der Waals surface area contributed by atoms with Crippen molar-refractivity contribution in [3.8, 4) is 16.9 Å². The van der Waals surface area contributed by atoms with E-state index in [4.69, 9.17) is 16.2 Å². The zero-order valence-corrected chi connectivity index (χ0v) is 17.6. The minimum Gasteiger partial charge on any atom is -0.490 e. The van der Waals surface area contributed by atoms with Gasteiger partial charge in [0.25, 0.3) is 5.91 Å². The SMILES string of the molecule is COc1cc(-c2ccc3c(c2)Nc2ccc(C(N)CC(N)=O)cc2NC3=O)ccc1[N+](=O)[O-]. The second kappa shape index (κ2) is 8.60. The maximum absolute atomic E-state index is 12.8. The third kappa shape index (κ3) is 4.32. The Morgan fingerprint density at radius 3 is 2.45 bits per heavy atom. The van der Waals surface area contributed by atoms with Crippen molar-refractivity contribution in [2.45, 2.75) is 12.5 Å². The number of carbonyl (C=O) groups excluding carboxylic acids is 2. The molecule has 0 radical (unpaired) electrons. The molecule has 0 bridgehead atoms. The Balaban J connectivity index is 1.70. The minimum atomic E-state index is -0.584. The van der Waals surface area contributed by atoms with E-state index in [1.165, 1.54) is 13.2 Å². The number of carbonyl (C=O) groups is 2. The van der Waals surface area contributed by atoms with Crippen molar-refractivity contribution >= 4 is 34.6 Å². The average Bonchev–Trinajstić information content (AvgIpc) is 2.92. The van der Waals surface area contributed by atoms with Crippen LogP contribution in [0.5, 0.6) is 5.75 Å². The van der Waals surface area contributed by atoms with Gasteiger partial charge in [-0.1, -0.05) is 12.1 Å². The third-order valence-corrected chi connectivity index (χ3v) is 5.38. The van der Waals surface area contributed by atoms with Crippen LogP contribution in [-0.4, -0.2) is 23.8 Å². The van der Waals surface area contributed by atoms with Crippen molar-refractivity contribution in [3.05, 3.63) is 75.8 Å². The van der Waals surface area contributed by atoms with Crippen LogP contribution in [0, 0.1) is 10.1 Å². The number of nitro groups is 1. The second-order valence-corrected chi connectivity index (χ2v) is 7.57. The van der Waals surface area contributed by atoms with Crippen molar-refractivity contribution in [3.63, 3.8) is 0 Å². The summed E-state index contributed by atoms with van der Waals surface area (Å²) in [6.07, 6.45) is -0.0115. The van der Waals surface area contributed by atoms with Gasteiger partial charge in [-0.05, 0) is 53.1 Å². The van der Waals surface area contributed by atoms with E-state index >= 15 is 0 Å². The molecule has 0 aliphatic carbocycles. The molecule has 1 aliphatic rings. The number of nitrogens with two attached hydrogens (primary N) is 2. The van der Waals surface area contributed by atoms with E-state index < -0.39 is 16.9 Å². The molecule has 0 fully saturated rings. The van der Waals surface area contributed by atoms with Gasteiger partial charge >= 0.3 is 5.69 Å². The number of methoxy groups -OCH3 is 1. The van der Waals surface area contributed by atoms with Crippen molar-refractivity contribution in [2.75, 3.05) is 17.7 Å². The number of primary amides is 1. The van der Waals surface area contributed by atoms with E-state index in [1.807, 2.05) is 0 Å². The molecule has 1 unspecified atom stereocenters. The van der Waals surface area contributed by atoms with Crippen LogP contribution in [0.2, 0.25) is 0 Å². The summed E-state index contributed by atoms with van der Waals surface area (Å²) in [6.45, 7) is 0. The fraction of sp³-hybridized carbons (Fsp3) is 0.130. The van der Waals surface area contributed by atoms with E-state index in [9.17, 15) is 19.7 Å². The van der Waals surface area contributed by atoms with Crippen molar-refractivity contribution < 1.29 is 19.2 Å². The number of anilines is 3. The first kappa shape index (κ1) is 21.8. The summed E-state index contributed by atoms with van der Waals surface area (Å²) < 4.78 is 5.16. The molecule has 0 spiro atoms. The number of fused-ring (bicyclic) bond motifs is 2. The molecule has 3 aromatic rings. The zero-order valence-electron chi connectivity index (χ0n) is 17.6. The molecule has 0 saturated heterocycles. The van der Waals surface area contributed by atoms with Gasteiger partial charge < -0.3 is 26.8 Å². The summed E-state index contributed by atoms with van der Waals surface area (Å²) in [6, 6.07) is 14.5. The molecular weight excluding hydrogens is 426 g/mol. The smallest absolute Gasteiger partial charge is 0.310 e. The first-order valence-corrected chi connectivity index (χ1v) is 10.00. The van der Waals surface area contributed by atoms with Gasteiger partial charge in [0.2, 0.25) is 5.91 Å². The lowest BCUT2D eigenvalue weighted by Crippen LogP contribution is -2.21. The predicted molar refractivity (Wildman–Crippen MR) is 124 cm³/mol. The number of hydrogen-bond donors (Lipinski definition) is 4. The second-order valence-electron chi connectivity index (χ2n) is 7.57. The topological polar surface area (TPSA) is 163 Å². The Kier molecular flexibility index (Phi) is 5.67. The highest BCUT2D eigenvalue weighted by molar-refractivity contribution is 6.12. The van der Waals surface area contributed by atoms with E-state index in [1.54, 1.807) is 48.5 Å². The number of benzene rings is 3. The lowest BCUT2D eigenvalue weighted by atomic mass is 10.0. The fourth-order valence-corrected chi connectivity index (χ4v) is 3.71. The molecule has 1 heterocycles. The zero-order chi connectivity index (χ0) is 23.7. The van der Waals surface area contributed by atoms with Crippen LogP contribution in [0.3, 0.4) is 0 Å². The van der Waals surface area contributed by atoms with Crippen LogP contribution in [0.25, 0.3) is 11.1 Å². The van der Waals surface area contributed by atoms with Crippen molar-refractivity contribution in [1.82, 2.24) is 0 Å².